The highest BCUT2D eigenvalue weighted by Crippen LogP contribution is 2.38. The monoisotopic (exact) mass is 556 g/mol. The van der Waals surface area contributed by atoms with Crippen LogP contribution in [-0.2, 0) is 20.4 Å². The fraction of sp³-hybridized carbons (Fsp3) is 0.0741. The second-order valence-electron chi connectivity index (χ2n) is 7.75. The van der Waals surface area contributed by atoms with Crippen LogP contribution >= 0.6 is 35.0 Å². The average molecular weight is 558 g/mol. The molecule has 0 saturated heterocycles. The molecule has 36 heavy (non-hydrogen) atoms. The van der Waals surface area contributed by atoms with Crippen LogP contribution in [0.2, 0.25) is 10.0 Å². The van der Waals surface area contributed by atoms with E-state index in [-0.39, 0.29) is 38.0 Å². The number of carbonyl (C=O) groups is 1. The Morgan fingerprint density at radius 1 is 0.806 bits per heavy atom. The molecule has 0 radical (unpaired) electrons. The summed E-state index contributed by atoms with van der Waals surface area (Å²) in [4.78, 5) is 13.7. The highest BCUT2D eigenvalue weighted by atomic mass is 35.5. The minimum absolute atomic E-state index is 0.0761. The van der Waals surface area contributed by atoms with Gasteiger partial charge in [-0.1, -0.05) is 71.7 Å². The maximum absolute atomic E-state index is 13.3. The zero-order chi connectivity index (χ0) is 25.5. The third kappa shape index (κ3) is 6.42. The van der Waals surface area contributed by atoms with Gasteiger partial charge in [0.1, 0.15) is 4.90 Å². The molecule has 0 heterocycles. The summed E-state index contributed by atoms with van der Waals surface area (Å²) in [6, 6.07) is 28.6. The molecule has 0 unspecified atom stereocenters. The molecule has 0 aliphatic carbocycles. The Hall–Kier alpha value is -2.97. The van der Waals surface area contributed by atoms with Gasteiger partial charge >= 0.3 is 0 Å². The highest BCUT2D eigenvalue weighted by Gasteiger charge is 2.26. The van der Waals surface area contributed by atoms with Crippen LogP contribution in [0.4, 0.5) is 11.4 Å². The predicted molar refractivity (Wildman–Crippen MR) is 148 cm³/mol. The summed E-state index contributed by atoms with van der Waals surface area (Å²) in [5, 5.41) is 5.70. The van der Waals surface area contributed by atoms with E-state index < -0.39 is 9.84 Å². The van der Waals surface area contributed by atoms with Crippen LogP contribution in [0.5, 0.6) is 0 Å². The fourth-order valence-electron chi connectivity index (χ4n) is 3.40. The van der Waals surface area contributed by atoms with Crippen LogP contribution < -0.4 is 10.6 Å². The topological polar surface area (TPSA) is 75.3 Å². The molecule has 4 aromatic carbocycles. The van der Waals surface area contributed by atoms with Gasteiger partial charge in [0.05, 0.1) is 27.2 Å². The number of hydrogen-bond donors (Lipinski definition) is 2. The Bertz CT molecular complexity index is 1450. The third-order valence-electron chi connectivity index (χ3n) is 5.20. The Morgan fingerprint density at radius 3 is 2.11 bits per heavy atom. The molecule has 2 N–H and O–H groups in total. The summed E-state index contributed by atoms with van der Waals surface area (Å²) >= 11 is 14.2. The van der Waals surface area contributed by atoms with Crippen molar-refractivity contribution in [2.45, 2.75) is 20.4 Å². The van der Waals surface area contributed by atoms with Crippen LogP contribution in [0.25, 0.3) is 0 Å². The lowest BCUT2D eigenvalue weighted by molar-refractivity contribution is -0.114. The van der Waals surface area contributed by atoms with E-state index in [1.807, 2.05) is 42.5 Å². The number of benzene rings is 4. The summed E-state index contributed by atoms with van der Waals surface area (Å²) in [7, 11) is -3.97. The van der Waals surface area contributed by atoms with E-state index in [9.17, 15) is 13.2 Å². The summed E-state index contributed by atoms with van der Waals surface area (Å²) in [6.07, 6.45) is 0. The quantitative estimate of drug-likeness (QED) is 0.214. The largest absolute Gasteiger partial charge is 0.375 e. The third-order valence-corrected chi connectivity index (χ3v) is 9.05. The second kappa shape index (κ2) is 11.8. The fourth-order valence-corrected chi connectivity index (χ4v) is 6.48. The van der Waals surface area contributed by atoms with Gasteiger partial charge in [-0.2, -0.15) is 0 Å². The van der Waals surface area contributed by atoms with Crippen molar-refractivity contribution in [1.29, 1.82) is 0 Å². The molecule has 0 bridgehead atoms. The van der Waals surface area contributed by atoms with Gasteiger partial charge in [-0.25, -0.2) is 8.42 Å². The Balaban J connectivity index is 1.41. The van der Waals surface area contributed by atoms with E-state index in [0.717, 1.165) is 11.3 Å². The molecule has 5 nitrogen and oxygen atoms in total. The van der Waals surface area contributed by atoms with Gasteiger partial charge in [0, 0.05) is 16.3 Å². The number of nitrogens with one attached hydrogen (secondary N) is 2. The smallest absolute Gasteiger partial charge is 0.243 e. The molecule has 0 aliphatic rings. The van der Waals surface area contributed by atoms with Crippen LogP contribution in [0, 0.1) is 0 Å². The molecule has 1 amide bonds. The summed E-state index contributed by atoms with van der Waals surface area (Å²) in [6.45, 7) is -0.166. The zero-order valence-corrected chi connectivity index (χ0v) is 22.1. The van der Waals surface area contributed by atoms with Crippen molar-refractivity contribution in [3.63, 3.8) is 0 Å². The molecular weight excluding hydrogens is 535 g/mol. The number of amides is 1. The molecule has 4 aromatic rings. The molecule has 0 aromatic heterocycles. The van der Waals surface area contributed by atoms with Crippen molar-refractivity contribution < 1.29 is 13.2 Å². The number of sulfone groups is 1. The number of anilines is 2. The van der Waals surface area contributed by atoms with E-state index in [0.29, 0.717) is 5.69 Å². The molecule has 0 fully saturated rings. The van der Waals surface area contributed by atoms with Gasteiger partial charge in [-0.3, -0.25) is 4.79 Å². The van der Waals surface area contributed by atoms with Crippen molar-refractivity contribution in [3.8, 4) is 0 Å². The van der Waals surface area contributed by atoms with Gasteiger partial charge < -0.3 is 10.6 Å². The van der Waals surface area contributed by atoms with Gasteiger partial charge in [0.2, 0.25) is 15.7 Å². The van der Waals surface area contributed by atoms with Crippen molar-refractivity contribution in [1.82, 2.24) is 0 Å². The molecular formula is C27H22Cl2N2O3S2. The summed E-state index contributed by atoms with van der Waals surface area (Å²) in [5.74, 6) is 0.478. The first-order chi connectivity index (χ1) is 17.3. The van der Waals surface area contributed by atoms with Crippen molar-refractivity contribution in [2.24, 2.45) is 0 Å². The SMILES string of the molecule is O=C(CNc1ccc(Cl)c(Cl)c1S(=O)(=O)c1ccccc1)Nc1ccc(CSc2ccccc2)cc1. The van der Waals surface area contributed by atoms with Gasteiger partial charge in [-0.15, -0.1) is 11.8 Å². The number of rotatable bonds is 9. The lowest BCUT2D eigenvalue weighted by atomic mass is 10.2. The number of thioether (sulfide) groups is 1. The molecule has 0 atom stereocenters. The molecule has 0 saturated carbocycles. The average Bonchev–Trinajstić information content (AvgIpc) is 2.90. The first-order valence-corrected chi connectivity index (χ1v) is 14.2. The first-order valence-electron chi connectivity index (χ1n) is 10.9. The highest BCUT2D eigenvalue weighted by molar-refractivity contribution is 7.98. The zero-order valence-electron chi connectivity index (χ0n) is 18.9. The van der Waals surface area contributed by atoms with Crippen molar-refractivity contribution in [3.05, 3.63) is 113 Å². The summed E-state index contributed by atoms with van der Waals surface area (Å²) < 4.78 is 26.5. The molecule has 0 spiro atoms. The van der Waals surface area contributed by atoms with Crippen molar-refractivity contribution >= 4 is 62.1 Å². The Labute approximate surface area is 224 Å². The van der Waals surface area contributed by atoms with E-state index >= 15 is 0 Å². The van der Waals surface area contributed by atoms with Gasteiger partial charge in [0.25, 0.3) is 0 Å². The minimum Gasteiger partial charge on any atom is -0.375 e. The number of halogens is 2. The molecule has 184 valence electrons. The Kier molecular flexibility index (Phi) is 8.59. The number of carbonyl (C=O) groups excluding carboxylic acids is 1. The molecule has 0 aliphatic heterocycles. The normalized spacial score (nSPS) is 11.2. The van der Waals surface area contributed by atoms with Crippen LogP contribution in [0.15, 0.2) is 112 Å². The minimum atomic E-state index is -3.97. The van der Waals surface area contributed by atoms with Crippen molar-refractivity contribution in [2.75, 3.05) is 17.2 Å². The van der Waals surface area contributed by atoms with Gasteiger partial charge in [0.15, 0.2) is 0 Å². The maximum Gasteiger partial charge on any atom is 0.243 e. The number of hydrogen-bond acceptors (Lipinski definition) is 5. The predicted octanol–water partition coefficient (Wildman–Crippen LogP) is 7.17. The van der Waals surface area contributed by atoms with E-state index in [1.165, 1.54) is 29.2 Å². The second-order valence-corrected chi connectivity index (χ2v) is 11.5. The van der Waals surface area contributed by atoms with Crippen LogP contribution in [-0.4, -0.2) is 20.9 Å². The maximum atomic E-state index is 13.3. The van der Waals surface area contributed by atoms with Gasteiger partial charge in [-0.05, 0) is 54.1 Å². The van der Waals surface area contributed by atoms with Crippen LogP contribution in [0.1, 0.15) is 5.56 Å². The molecule has 4 rings (SSSR count). The van der Waals surface area contributed by atoms with E-state index in [2.05, 4.69) is 22.8 Å². The first kappa shape index (κ1) is 26.1. The standard InChI is InChI=1S/C27H22Cl2N2O3S2/c28-23-15-16-24(27(26(23)29)36(33,34)22-9-5-2-6-10-22)30-17-25(32)31-20-13-11-19(12-14-20)18-35-21-7-3-1-4-8-21/h1-16,30H,17-18H2,(H,31,32). The summed E-state index contributed by atoms with van der Waals surface area (Å²) in [5.41, 5.74) is 1.96. The lowest BCUT2D eigenvalue weighted by Crippen LogP contribution is -2.22. The van der Waals surface area contributed by atoms with E-state index in [4.69, 9.17) is 23.2 Å². The van der Waals surface area contributed by atoms with E-state index in [1.54, 1.807) is 30.0 Å². The lowest BCUT2D eigenvalue weighted by Gasteiger charge is -2.15. The Morgan fingerprint density at radius 2 is 1.44 bits per heavy atom. The molecule has 9 heteroatoms. The van der Waals surface area contributed by atoms with Crippen LogP contribution in [0.3, 0.4) is 0 Å².